The lowest BCUT2D eigenvalue weighted by Gasteiger charge is -2.19. The summed E-state index contributed by atoms with van der Waals surface area (Å²) in [5.41, 5.74) is 2.30. The maximum absolute atomic E-state index is 12.9. The summed E-state index contributed by atoms with van der Waals surface area (Å²) in [5.74, 6) is -1.71. The Hall–Kier alpha value is -3.68. The minimum Gasteiger partial charge on any atom is -0.326 e. The molecule has 2 atom stereocenters. The second-order valence-electron chi connectivity index (χ2n) is 7.65. The van der Waals surface area contributed by atoms with Crippen molar-refractivity contribution < 1.29 is 19.2 Å². The molecule has 1 fully saturated rings. The second-order valence-corrected chi connectivity index (χ2v) is 7.65. The first-order valence-corrected chi connectivity index (χ1v) is 10.2. The first kappa shape index (κ1) is 22.0. The highest BCUT2D eigenvalue weighted by Crippen LogP contribution is 2.34. The van der Waals surface area contributed by atoms with Gasteiger partial charge in [-0.1, -0.05) is 18.6 Å². The van der Waals surface area contributed by atoms with Crippen LogP contribution in [0.15, 0.2) is 48.5 Å². The first-order chi connectivity index (χ1) is 14.8. The van der Waals surface area contributed by atoms with Crippen molar-refractivity contribution in [1.29, 1.82) is 0 Å². The van der Waals surface area contributed by atoms with Gasteiger partial charge in [0.25, 0.3) is 0 Å². The van der Waals surface area contributed by atoms with E-state index < -0.39 is 11.8 Å². The number of amides is 4. The Kier molecular flexibility index (Phi) is 7.02. The molecule has 8 nitrogen and oxygen atoms in total. The van der Waals surface area contributed by atoms with E-state index >= 15 is 0 Å². The highest BCUT2D eigenvalue weighted by molar-refractivity contribution is 6.01. The molecule has 4 N–H and O–H groups in total. The minimum absolute atomic E-state index is 0.196. The Morgan fingerprint density at radius 2 is 1.00 bits per heavy atom. The summed E-state index contributed by atoms with van der Waals surface area (Å²) in [7, 11) is 0. The van der Waals surface area contributed by atoms with Gasteiger partial charge in [-0.3, -0.25) is 19.2 Å². The zero-order valence-electron chi connectivity index (χ0n) is 17.5. The molecule has 1 saturated carbocycles. The standard InChI is InChI=1S/C23H26N4O4/c1-14(28)24-16-6-3-8-18(12-16)26-22(30)20-10-5-11-21(20)23(31)27-19-9-4-7-17(13-19)25-15(2)29/h3-4,6-9,12-13,20-21H,5,10-11H2,1-2H3,(H,24,28)(H,25,29)(H,26,30)(H,27,31)/t20-,21-/m1/s1. The molecule has 0 unspecified atom stereocenters. The van der Waals surface area contributed by atoms with Crippen molar-refractivity contribution in [3.8, 4) is 0 Å². The number of rotatable bonds is 6. The van der Waals surface area contributed by atoms with Crippen LogP contribution >= 0.6 is 0 Å². The molecule has 4 amide bonds. The summed E-state index contributed by atoms with van der Waals surface area (Å²) >= 11 is 0. The Bertz CT molecular complexity index is 925. The van der Waals surface area contributed by atoms with E-state index in [2.05, 4.69) is 21.3 Å². The Labute approximate surface area is 180 Å². The van der Waals surface area contributed by atoms with Gasteiger partial charge in [-0.2, -0.15) is 0 Å². The van der Waals surface area contributed by atoms with E-state index in [0.717, 1.165) is 6.42 Å². The maximum Gasteiger partial charge on any atom is 0.228 e. The largest absolute Gasteiger partial charge is 0.326 e. The van der Waals surface area contributed by atoms with Gasteiger partial charge in [0.1, 0.15) is 0 Å². The minimum atomic E-state index is -0.442. The number of hydrogen-bond donors (Lipinski definition) is 4. The van der Waals surface area contributed by atoms with Crippen LogP contribution < -0.4 is 21.3 Å². The van der Waals surface area contributed by atoms with Gasteiger partial charge in [0.15, 0.2) is 0 Å². The molecule has 0 bridgehead atoms. The lowest BCUT2D eigenvalue weighted by Crippen LogP contribution is -2.33. The fourth-order valence-corrected chi connectivity index (χ4v) is 3.81. The summed E-state index contributed by atoms with van der Waals surface area (Å²) in [5, 5.41) is 11.1. The molecular weight excluding hydrogens is 396 g/mol. The quantitative estimate of drug-likeness (QED) is 0.569. The molecule has 3 rings (SSSR count). The molecule has 162 valence electrons. The Morgan fingerprint density at radius 3 is 1.35 bits per heavy atom. The molecule has 1 aliphatic carbocycles. The molecule has 0 aromatic heterocycles. The van der Waals surface area contributed by atoms with Gasteiger partial charge < -0.3 is 21.3 Å². The summed E-state index contributed by atoms with van der Waals surface area (Å²) in [6, 6.07) is 13.8. The van der Waals surface area contributed by atoms with Crippen LogP contribution in [0.4, 0.5) is 22.7 Å². The smallest absolute Gasteiger partial charge is 0.228 e. The number of hydrogen-bond acceptors (Lipinski definition) is 4. The Balaban J connectivity index is 1.65. The average Bonchev–Trinajstić information content (AvgIpc) is 3.17. The van der Waals surface area contributed by atoms with Crippen LogP contribution in [0.2, 0.25) is 0 Å². The average molecular weight is 422 g/mol. The summed E-state index contributed by atoms with van der Waals surface area (Å²) in [6.45, 7) is 2.83. The van der Waals surface area contributed by atoms with E-state index in [1.165, 1.54) is 13.8 Å². The summed E-state index contributed by atoms with van der Waals surface area (Å²) < 4.78 is 0. The predicted octanol–water partition coefficient (Wildman–Crippen LogP) is 3.60. The van der Waals surface area contributed by atoms with Crippen LogP contribution in [-0.2, 0) is 19.2 Å². The van der Waals surface area contributed by atoms with E-state index in [1.54, 1.807) is 48.5 Å². The van der Waals surface area contributed by atoms with Crippen molar-refractivity contribution >= 4 is 46.4 Å². The molecule has 0 spiro atoms. The third-order valence-corrected chi connectivity index (χ3v) is 5.09. The van der Waals surface area contributed by atoms with E-state index in [4.69, 9.17) is 0 Å². The summed E-state index contributed by atoms with van der Waals surface area (Å²) in [6.07, 6.45) is 2.04. The number of nitrogens with one attached hydrogen (secondary N) is 4. The van der Waals surface area contributed by atoms with Crippen molar-refractivity contribution in [2.24, 2.45) is 11.8 Å². The van der Waals surface area contributed by atoms with Gasteiger partial charge >= 0.3 is 0 Å². The number of benzene rings is 2. The monoisotopic (exact) mass is 422 g/mol. The zero-order valence-corrected chi connectivity index (χ0v) is 17.5. The van der Waals surface area contributed by atoms with E-state index in [9.17, 15) is 19.2 Å². The van der Waals surface area contributed by atoms with Crippen LogP contribution in [0.3, 0.4) is 0 Å². The molecular formula is C23H26N4O4. The van der Waals surface area contributed by atoms with Crippen molar-refractivity contribution in [2.75, 3.05) is 21.3 Å². The molecule has 0 saturated heterocycles. The fraction of sp³-hybridized carbons (Fsp3) is 0.304. The lowest BCUT2D eigenvalue weighted by atomic mass is 9.94. The van der Waals surface area contributed by atoms with Crippen molar-refractivity contribution in [3.05, 3.63) is 48.5 Å². The topological polar surface area (TPSA) is 116 Å². The number of anilines is 4. The highest BCUT2D eigenvalue weighted by Gasteiger charge is 2.37. The van der Waals surface area contributed by atoms with Crippen LogP contribution in [0.25, 0.3) is 0 Å². The molecule has 2 aromatic carbocycles. The van der Waals surface area contributed by atoms with Crippen molar-refractivity contribution in [3.63, 3.8) is 0 Å². The van der Waals surface area contributed by atoms with Crippen LogP contribution in [0.5, 0.6) is 0 Å². The molecule has 0 radical (unpaired) electrons. The highest BCUT2D eigenvalue weighted by atomic mass is 16.2. The van der Waals surface area contributed by atoms with Gasteiger partial charge in [-0.15, -0.1) is 0 Å². The van der Waals surface area contributed by atoms with Gasteiger partial charge in [0.2, 0.25) is 23.6 Å². The lowest BCUT2D eigenvalue weighted by molar-refractivity contribution is -0.128. The van der Waals surface area contributed by atoms with Crippen molar-refractivity contribution in [2.45, 2.75) is 33.1 Å². The molecule has 0 heterocycles. The van der Waals surface area contributed by atoms with Gasteiger partial charge in [0, 0.05) is 48.4 Å². The van der Waals surface area contributed by atoms with Crippen molar-refractivity contribution in [1.82, 2.24) is 0 Å². The third-order valence-electron chi connectivity index (χ3n) is 5.09. The number of carbonyl (C=O) groups excluding carboxylic acids is 4. The van der Waals surface area contributed by atoms with E-state index in [1.807, 2.05) is 0 Å². The van der Waals surface area contributed by atoms with E-state index in [0.29, 0.717) is 35.6 Å². The third kappa shape index (κ3) is 6.15. The van der Waals surface area contributed by atoms with Crippen LogP contribution in [0, 0.1) is 11.8 Å². The van der Waals surface area contributed by atoms with Gasteiger partial charge in [-0.25, -0.2) is 0 Å². The predicted molar refractivity (Wildman–Crippen MR) is 120 cm³/mol. The normalized spacial score (nSPS) is 17.5. The molecule has 31 heavy (non-hydrogen) atoms. The molecule has 2 aromatic rings. The first-order valence-electron chi connectivity index (χ1n) is 10.2. The molecule has 0 aliphatic heterocycles. The van der Waals surface area contributed by atoms with Gasteiger partial charge in [-0.05, 0) is 49.2 Å². The Morgan fingerprint density at radius 1 is 0.645 bits per heavy atom. The summed E-state index contributed by atoms with van der Waals surface area (Å²) in [4.78, 5) is 48.2. The second kappa shape index (κ2) is 9.88. The molecule has 1 aliphatic rings. The molecule has 8 heteroatoms. The SMILES string of the molecule is CC(=O)Nc1cccc(NC(=O)[C@@H]2CCC[C@H]2C(=O)Nc2cccc(NC(C)=O)c2)c1. The van der Waals surface area contributed by atoms with Gasteiger partial charge in [0.05, 0.1) is 0 Å². The zero-order chi connectivity index (χ0) is 22.4. The van der Waals surface area contributed by atoms with Crippen LogP contribution in [-0.4, -0.2) is 23.6 Å². The maximum atomic E-state index is 12.9. The number of carbonyl (C=O) groups is 4. The van der Waals surface area contributed by atoms with E-state index in [-0.39, 0.29) is 23.6 Å². The fourth-order valence-electron chi connectivity index (χ4n) is 3.81. The van der Waals surface area contributed by atoms with Crippen LogP contribution in [0.1, 0.15) is 33.1 Å².